The standard InChI is InChI=1S/C7HClN4O10/c8-7(13)22-3-1-2(9(14)15)4(10(16)17)6(12(20)21)5(3)11(18)19/h1H. The summed E-state index contributed by atoms with van der Waals surface area (Å²) in [6.07, 6.45) is 0. The summed E-state index contributed by atoms with van der Waals surface area (Å²) < 4.78 is 4.08. The first kappa shape index (κ1) is 16.6. The molecule has 0 radical (unpaired) electrons. The first-order valence-electron chi connectivity index (χ1n) is 4.73. The molecule has 0 heterocycles. The van der Waals surface area contributed by atoms with Gasteiger partial charge in [-0.05, 0) is 0 Å². The molecule has 0 aliphatic rings. The number of ether oxygens (including phenoxy) is 1. The molecule has 116 valence electrons. The highest BCUT2D eigenvalue weighted by Crippen LogP contribution is 2.48. The molecule has 0 amide bonds. The number of nitrogens with zero attached hydrogens (tertiary/aromatic N) is 4. The maximum Gasteiger partial charge on any atom is 0.433 e. The minimum Gasteiger partial charge on any atom is -0.407 e. The Labute approximate surface area is 122 Å². The van der Waals surface area contributed by atoms with Crippen LogP contribution >= 0.6 is 11.6 Å². The van der Waals surface area contributed by atoms with Crippen molar-refractivity contribution in [2.24, 2.45) is 0 Å². The summed E-state index contributed by atoms with van der Waals surface area (Å²) >= 11 is 4.80. The van der Waals surface area contributed by atoms with Crippen molar-refractivity contribution in [2.75, 3.05) is 0 Å². The first-order chi connectivity index (χ1) is 10.1. The van der Waals surface area contributed by atoms with E-state index < -0.39 is 53.6 Å². The fraction of sp³-hybridized carbons (Fsp3) is 0. The van der Waals surface area contributed by atoms with Crippen LogP contribution in [0.2, 0.25) is 0 Å². The monoisotopic (exact) mass is 336 g/mol. The molecular formula is C7HClN4O10. The SMILES string of the molecule is O=C(Cl)Oc1cc([N+](=O)[O-])c([N+](=O)[O-])c([N+](=O)[O-])c1[N+](=O)[O-]. The van der Waals surface area contributed by atoms with Gasteiger partial charge in [-0.2, -0.15) is 0 Å². The Morgan fingerprint density at radius 2 is 1.32 bits per heavy atom. The van der Waals surface area contributed by atoms with E-state index in [1.54, 1.807) is 0 Å². The fourth-order valence-corrected chi connectivity index (χ4v) is 1.53. The van der Waals surface area contributed by atoms with Crippen molar-refractivity contribution < 1.29 is 29.2 Å². The summed E-state index contributed by atoms with van der Waals surface area (Å²) in [5.74, 6) is -1.27. The molecule has 0 spiro atoms. The second kappa shape index (κ2) is 5.92. The number of nitro benzene ring substituents is 4. The van der Waals surface area contributed by atoms with Crippen molar-refractivity contribution in [1.29, 1.82) is 0 Å². The quantitative estimate of drug-likeness (QED) is 0.435. The number of benzene rings is 1. The molecule has 0 unspecified atom stereocenters. The summed E-state index contributed by atoms with van der Waals surface area (Å²) in [5.41, 5.74) is -8.32. The molecule has 1 aromatic rings. The molecule has 0 fully saturated rings. The van der Waals surface area contributed by atoms with E-state index in [4.69, 9.17) is 11.6 Å². The van der Waals surface area contributed by atoms with Crippen LogP contribution in [0.4, 0.5) is 27.5 Å². The highest BCUT2D eigenvalue weighted by molar-refractivity contribution is 6.61. The molecule has 0 bridgehead atoms. The summed E-state index contributed by atoms with van der Waals surface area (Å²) in [6.45, 7) is 0. The van der Waals surface area contributed by atoms with Crippen molar-refractivity contribution in [3.05, 3.63) is 46.5 Å². The summed E-state index contributed by atoms with van der Waals surface area (Å²) in [5, 5.41) is 43.3. The minimum absolute atomic E-state index is 0.129. The lowest BCUT2D eigenvalue weighted by Gasteiger charge is -2.03. The van der Waals surface area contributed by atoms with Gasteiger partial charge in [0, 0.05) is 11.6 Å². The van der Waals surface area contributed by atoms with E-state index in [-0.39, 0.29) is 6.07 Å². The van der Waals surface area contributed by atoms with Crippen LogP contribution in [0.1, 0.15) is 0 Å². The number of nitro groups is 4. The zero-order valence-electron chi connectivity index (χ0n) is 9.83. The molecule has 0 aliphatic heterocycles. The molecule has 1 rings (SSSR count). The van der Waals surface area contributed by atoms with Crippen LogP contribution in [-0.2, 0) is 0 Å². The third-order valence-corrected chi connectivity index (χ3v) is 2.20. The number of hydrogen-bond acceptors (Lipinski definition) is 10. The van der Waals surface area contributed by atoms with E-state index in [0.717, 1.165) is 0 Å². The van der Waals surface area contributed by atoms with Crippen molar-refractivity contribution in [3.8, 4) is 5.75 Å². The van der Waals surface area contributed by atoms with Gasteiger partial charge in [-0.25, -0.2) is 4.79 Å². The van der Waals surface area contributed by atoms with E-state index in [1.165, 1.54) is 0 Å². The van der Waals surface area contributed by atoms with Gasteiger partial charge in [0.2, 0.25) is 5.75 Å². The number of halogens is 1. The van der Waals surface area contributed by atoms with Crippen molar-refractivity contribution in [3.63, 3.8) is 0 Å². The number of rotatable bonds is 5. The molecular weight excluding hydrogens is 336 g/mol. The lowest BCUT2D eigenvalue weighted by molar-refractivity contribution is -0.452. The predicted molar refractivity (Wildman–Crippen MR) is 64.9 cm³/mol. The van der Waals surface area contributed by atoms with Crippen molar-refractivity contribution >= 4 is 39.8 Å². The van der Waals surface area contributed by atoms with Gasteiger partial charge >= 0.3 is 28.2 Å². The molecule has 1 aromatic carbocycles. The molecule has 14 nitrogen and oxygen atoms in total. The predicted octanol–water partition coefficient (Wildman–Crippen LogP) is 2.06. The Kier molecular flexibility index (Phi) is 4.47. The van der Waals surface area contributed by atoms with Gasteiger partial charge in [-0.15, -0.1) is 0 Å². The molecule has 0 saturated heterocycles. The van der Waals surface area contributed by atoms with Crippen LogP contribution in [-0.4, -0.2) is 25.1 Å². The number of hydrogen-bond donors (Lipinski definition) is 0. The Hall–Kier alpha value is -3.42. The third-order valence-electron chi connectivity index (χ3n) is 2.13. The Morgan fingerprint density at radius 1 is 0.864 bits per heavy atom. The van der Waals surface area contributed by atoms with Gasteiger partial charge in [-0.3, -0.25) is 40.5 Å². The second-order valence-corrected chi connectivity index (χ2v) is 3.62. The molecule has 0 atom stereocenters. The number of carbonyl (C=O) groups is 1. The van der Waals surface area contributed by atoms with Crippen molar-refractivity contribution in [1.82, 2.24) is 0 Å². The Morgan fingerprint density at radius 3 is 1.64 bits per heavy atom. The summed E-state index contributed by atoms with van der Waals surface area (Å²) in [7, 11) is 0. The zero-order valence-corrected chi connectivity index (χ0v) is 10.6. The smallest absolute Gasteiger partial charge is 0.407 e. The van der Waals surface area contributed by atoms with Crippen LogP contribution in [0, 0.1) is 40.5 Å². The summed E-state index contributed by atoms with van der Waals surface area (Å²) in [4.78, 5) is 47.9. The first-order valence-corrected chi connectivity index (χ1v) is 5.11. The average molecular weight is 337 g/mol. The van der Waals surface area contributed by atoms with E-state index in [0.29, 0.717) is 0 Å². The van der Waals surface area contributed by atoms with Gasteiger partial charge < -0.3 is 4.74 Å². The second-order valence-electron chi connectivity index (χ2n) is 3.31. The maximum absolute atomic E-state index is 10.9. The molecule has 0 N–H and O–H groups in total. The molecule has 0 saturated carbocycles. The normalized spacial score (nSPS) is 9.86. The average Bonchev–Trinajstić information content (AvgIpc) is 2.35. The minimum atomic E-state index is -1.81. The van der Waals surface area contributed by atoms with E-state index >= 15 is 0 Å². The Balaban J connectivity index is 4.02. The van der Waals surface area contributed by atoms with E-state index in [2.05, 4.69) is 4.74 Å². The Bertz CT molecular complexity index is 730. The number of carbonyl (C=O) groups excluding carboxylic acids is 1. The lowest BCUT2D eigenvalue weighted by Crippen LogP contribution is -2.08. The van der Waals surface area contributed by atoms with Crippen LogP contribution in [0.15, 0.2) is 6.07 Å². The third kappa shape index (κ3) is 3.01. The molecule has 0 aliphatic carbocycles. The van der Waals surface area contributed by atoms with E-state index in [9.17, 15) is 45.3 Å². The van der Waals surface area contributed by atoms with E-state index in [1.807, 2.05) is 0 Å². The van der Waals surface area contributed by atoms with Crippen LogP contribution < -0.4 is 4.74 Å². The topological polar surface area (TPSA) is 199 Å². The largest absolute Gasteiger partial charge is 0.433 e. The summed E-state index contributed by atoms with van der Waals surface area (Å²) in [6, 6.07) is 0.129. The van der Waals surface area contributed by atoms with Gasteiger partial charge in [0.1, 0.15) is 0 Å². The zero-order chi connectivity index (χ0) is 17.2. The molecule has 22 heavy (non-hydrogen) atoms. The molecule has 15 heteroatoms. The fourth-order valence-electron chi connectivity index (χ4n) is 1.44. The van der Waals surface area contributed by atoms with Crippen LogP contribution in [0.25, 0.3) is 0 Å². The van der Waals surface area contributed by atoms with Gasteiger partial charge in [0.05, 0.1) is 25.8 Å². The van der Waals surface area contributed by atoms with Gasteiger partial charge in [-0.1, -0.05) is 0 Å². The highest BCUT2D eigenvalue weighted by atomic mass is 35.5. The lowest BCUT2D eigenvalue weighted by atomic mass is 10.2. The van der Waals surface area contributed by atoms with Crippen molar-refractivity contribution in [2.45, 2.75) is 0 Å². The highest BCUT2D eigenvalue weighted by Gasteiger charge is 2.47. The van der Waals surface area contributed by atoms with Gasteiger partial charge in [0.15, 0.2) is 0 Å². The van der Waals surface area contributed by atoms with Crippen LogP contribution in [0.3, 0.4) is 0 Å². The maximum atomic E-state index is 10.9. The van der Waals surface area contributed by atoms with Gasteiger partial charge in [0.25, 0.3) is 0 Å². The molecule has 0 aromatic heterocycles. The van der Waals surface area contributed by atoms with Crippen LogP contribution in [0.5, 0.6) is 5.75 Å².